The van der Waals surface area contributed by atoms with Crippen molar-refractivity contribution in [2.24, 2.45) is 23.7 Å². The van der Waals surface area contributed by atoms with Crippen LogP contribution >= 0.6 is 11.8 Å². The molecule has 2 aromatic heterocycles. The van der Waals surface area contributed by atoms with Crippen LogP contribution in [-0.2, 0) is 49.4 Å². The van der Waals surface area contributed by atoms with E-state index in [9.17, 15) is 24.3 Å². The van der Waals surface area contributed by atoms with Crippen molar-refractivity contribution in [1.82, 2.24) is 24.4 Å². The van der Waals surface area contributed by atoms with Crippen molar-refractivity contribution in [1.29, 1.82) is 0 Å². The van der Waals surface area contributed by atoms with Crippen LogP contribution in [0, 0.1) is 23.7 Å². The summed E-state index contributed by atoms with van der Waals surface area (Å²) in [6.07, 6.45) is -1.81. The molecule has 318 valence electrons. The van der Waals surface area contributed by atoms with Gasteiger partial charge in [-0.05, 0) is 61.1 Å². The molecule has 0 bridgehead atoms. The zero-order valence-electron chi connectivity index (χ0n) is 34.8. The Morgan fingerprint density at radius 1 is 1.09 bits per heavy atom. The highest BCUT2D eigenvalue weighted by atomic mass is 32.2. The van der Waals surface area contributed by atoms with Gasteiger partial charge in [0.15, 0.2) is 29.1 Å². The number of aliphatic hydroxyl groups excluding tert-OH is 1. The van der Waals surface area contributed by atoms with Crippen LogP contribution in [0.15, 0.2) is 12.7 Å². The van der Waals surface area contributed by atoms with Gasteiger partial charge in [0, 0.05) is 49.1 Å². The SMILES string of the molecule is CC[C@H]1OC(=O)[C@@](C)(F)C(=O)[C@H](C)[C@@H](O[C@@H]2O[C@H](C)C[C@H](N(C)C)[C@H]2O)[C@](C)(OC)C[C@@H](C)C(=O)C(C)C2C(SCCn3cnc4c(N)ncnc43)C(=O)O[C@@]21C. The van der Waals surface area contributed by atoms with E-state index in [1.165, 1.54) is 32.1 Å². The summed E-state index contributed by atoms with van der Waals surface area (Å²) in [7, 11) is 5.03. The predicted octanol–water partition coefficient (Wildman–Crippen LogP) is 3.16. The molecule has 0 aromatic carbocycles. The normalized spacial score (nSPS) is 39.9. The standard InChI is InChI=1S/C39H59FN6O10S/c1-12-24-39(8)25(29(34(50)56-39)57-14-13-46-18-44-26-32(41)42-17-43-33(26)46)21(4)27(47)19(2)16-37(6,52-11)31(22(5)30(49)38(7,40)36(51)54-24)55-35-28(48)23(45(9)10)15-20(3)53-35/h17-25,28-29,31,35,48H,12-16H2,1-11H3,(H2,41,42,43)/t19-,20-,21?,22+,23+,24-,25?,28-,29?,31-,35+,37-,38+,39-/m1/s1. The minimum absolute atomic E-state index is 0.0101. The minimum atomic E-state index is -3.19. The van der Waals surface area contributed by atoms with Gasteiger partial charge in [0.1, 0.15) is 35.1 Å². The Labute approximate surface area is 337 Å². The van der Waals surface area contributed by atoms with E-state index in [2.05, 4.69) is 15.0 Å². The number of nitrogens with zero attached hydrogens (tertiary/aromatic N) is 5. The maximum Gasteiger partial charge on any atom is 0.351 e. The van der Waals surface area contributed by atoms with Crippen LogP contribution in [0.2, 0.25) is 0 Å². The van der Waals surface area contributed by atoms with Crippen molar-refractivity contribution in [3.8, 4) is 0 Å². The van der Waals surface area contributed by atoms with Crippen LogP contribution < -0.4 is 5.73 Å². The van der Waals surface area contributed by atoms with Gasteiger partial charge >= 0.3 is 11.9 Å². The van der Waals surface area contributed by atoms with E-state index < -0.39 is 88.1 Å². The highest BCUT2D eigenvalue weighted by molar-refractivity contribution is 8.00. The number of fused-ring (bicyclic) bond motifs is 2. The maximum absolute atomic E-state index is 16.9. The van der Waals surface area contributed by atoms with Crippen LogP contribution in [0.1, 0.15) is 74.7 Å². The Morgan fingerprint density at radius 2 is 1.77 bits per heavy atom. The molecule has 2 aromatic rings. The quantitative estimate of drug-likeness (QED) is 0.275. The summed E-state index contributed by atoms with van der Waals surface area (Å²) >= 11 is 1.28. The largest absolute Gasteiger partial charge is 0.455 e. The number of likely N-dealkylation sites (N-methyl/N-ethyl adjacent to an activating group) is 1. The summed E-state index contributed by atoms with van der Waals surface area (Å²) in [6, 6.07) is -0.366. The second-order valence-corrected chi connectivity index (χ2v) is 17.9. The van der Waals surface area contributed by atoms with Gasteiger partial charge in [-0.1, -0.05) is 27.7 Å². The number of esters is 2. The number of ether oxygens (including phenoxy) is 5. The summed E-state index contributed by atoms with van der Waals surface area (Å²) in [5, 5.41) is 10.5. The van der Waals surface area contributed by atoms with Crippen molar-refractivity contribution in [2.45, 2.75) is 140 Å². The number of aryl methyl sites for hydroxylation is 1. The Morgan fingerprint density at radius 3 is 2.40 bits per heavy atom. The third-order valence-corrected chi connectivity index (χ3v) is 13.6. The first-order chi connectivity index (χ1) is 26.6. The lowest BCUT2D eigenvalue weighted by Crippen LogP contribution is -2.61. The number of methoxy groups -OCH3 is 1. The first-order valence-electron chi connectivity index (χ1n) is 19.6. The third-order valence-electron chi connectivity index (χ3n) is 12.4. The number of carbonyl (C=O) groups excluding carboxylic acids is 4. The van der Waals surface area contributed by atoms with Gasteiger partial charge in [0.05, 0.1) is 24.1 Å². The fraction of sp³-hybridized carbons (Fsp3) is 0.769. The monoisotopic (exact) mass is 822 g/mol. The molecule has 3 N–H and O–H groups in total. The average Bonchev–Trinajstić information content (AvgIpc) is 3.69. The number of imidazole rings is 1. The summed E-state index contributed by atoms with van der Waals surface area (Å²) in [4.78, 5) is 71.1. The van der Waals surface area contributed by atoms with Crippen LogP contribution in [0.5, 0.6) is 0 Å². The molecule has 14 atom stereocenters. The molecule has 0 spiro atoms. The van der Waals surface area contributed by atoms with Gasteiger partial charge in [-0.25, -0.2) is 24.1 Å². The molecular formula is C39H59FN6O10S. The zero-order valence-corrected chi connectivity index (χ0v) is 35.6. The number of nitrogen functional groups attached to an aromatic ring is 1. The molecule has 16 nitrogen and oxygen atoms in total. The molecule has 0 aliphatic carbocycles. The summed E-state index contributed by atoms with van der Waals surface area (Å²) in [5.74, 6) is -6.66. The average molecular weight is 823 g/mol. The summed E-state index contributed by atoms with van der Waals surface area (Å²) in [6.45, 7) is 12.9. The highest BCUT2D eigenvalue weighted by Gasteiger charge is 2.62. The van der Waals surface area contributed by atoms with E-state index in [-0.39, 0.29) is 36.6 Å². The number of aromatic nitrogens is 4. The Hall–Kier alpha value is -3.29. The number of carbonyl (C=O) groups is 4. The lowest BCUT2D eigenvalue weighted by atomic mass is 9.70. The van der Waals surface area contributed by atoms with Crippen LogP contribution in [0.25, 0.3) is 11.2 Å². The number of hydrogen-bond acceptors (Lipinski definition) is 16. The van der Waals surface area contributed by atoms with Crippen LogP contribution in [0.4, 0.5) is 10.2 Å². The first kappa shape index (κ1) is 44.8. The number of hydrogen-bond donors (Lipinski definition) is 2. The van der Waals surface area contributed by atoms with Crippen molar-refractivity contribution < 1.29 is 52.4 Å². The van der Waals surface area contributed by atoms with Gasteiger partial charge in [-0.2, -0.15) is 0 Å². The fourth-order valence-corrected chi connectivity index (χ4v) is 10.5. The van der Waals surface area contributed by atoms with E-state index in [0.29, 0.717) is 29.9 Å². The fourth-order valence-electron chi connectivity index (χ4n) is 9.09. The molecule has 0 amide bonds. The number of alkyl halides is 1. The lowest BCUT2D eigenvalue weighted by molar-refractivity contribution is -0.295. The number of cyclic esters (lactones) is 1. The molecule has 5 rings (SSSR count). The van der Waals surface area contributed by atoms with Gasteiger partial charge in [0.2, 0.25) is 0 Å². The van der Waals surface area contributed by atoms with Crippen molar-refractivity contribution in [2.75, 3.05) is 32.7 Å². The Balaban J connectivity index is 1.52. The molecule has 0 radical (unpaired) electrons. The number of anilines is 1. The first-order valence-corrected chi connectivity index (χ1v) is 20.6. The summed E-state index contributed by atoms with van der Waals surface area (Å²) < 4.78 is 49.2. The molecule has 3 aliphatic heterocycles. The molecule has 3 fully saturated rings. The van der Waals surface area contributed by atoms with Crippen LogP contribution in [0.3, 0.4) is 0 Å². The number of thioether (sulfide) groups is 1. The van der Waals surface area contributed by atoms with E-state index in [0.717, 1.165) is 6.92 Å². The topological polar surface area (TPSA) is 208 Å². The minimum Gasteiger partial charge on any atom is -0.455 e. The third kappa shape index (κ3) is 8.44. The second kappa shape index (κ2) is 17.1. The second-order valence-electron chi connectivity index (χ2n) is 16.7. The Kier molecular flexibility index (Phi) is 13.5. The smallest absolute Gasteiger partial charge is 0.351 e. The van der Waals surface area contributed by atoms with Crippen molar-refractivity contribution in [3.05, 3.63) is 12.7 Å². The zero-order chi connectivity index (χ0) is 42.4. The van der Waals surface area contributed by atoms with Crippen molar-refractivity contribution >= 4 is 52.2 Å². The molecule has 57 heavy (non-hydrogen) atoms. The molecular weight excluding hydrogens is 764 g/mol. The molecule has 3 unspecified atom stereocenters. The summed E-state index contributed by atoms with van der Waals surface area (Å²) in [5.41, 5.74) is 0.713. The van der Waals surface area contributed by atoms with E-state index >= 15 is 4.39 Å². The van der Waals surface area contributed by atoms with Gasteiger partial charge < -0.3 is 44.0 Å². The number of nitrogens with two attached hydrogens (primary N) is 1. The lowest BCUT2D eigenvalue weighted by Gasteiger charge is -2.47. The van der Waals surface area contributed by atoms with E-state index in [4.69, 9.17) is 29.4 Å². The Bertz CT molecular complexity index is 1820. The molecule has 3 aliphatic rings. The van der Waals surface area contributed by atoms with Gasteiger partial charge in [-0.15, -0.1) is 11.8 Å². The number of aliphatic hydroxyl groups is 1. The van der Waals surface area contributed by atoms with Gasteiger partial charge in [0.25, 0.3) is 5.67 Å². The molecule has 0 saturated carbocycles. The highest BCUT2D eigenvalue weighted by Crippen LogP contribution is 2.49. The number of rotatable bonds is 9. The molecule has 18 heteroatoms. The van der Waals surface area contributed by atoms with Crippen molar-refractivity contribution in [3.63, 3.8) is 0 Å². The van der Waals surface area contributed by atoms with Gasteiger partial charge in [-0.3, -0.25) is 14.4 Å². The predicted molar refractivity (Wildman–Crippen MR) is 208 cm³/mol. The van der Waals surface area contributed by atoms with E-state index in [1.54, 1.807) is 45.5 Å². The number of ketones is 2. The maximum atomic E-state index is 16.9. The van der Waals surface area contributed by atoms with E-state index in [1.807, 2.05) is 25.9 Å². The van der Waals surface area contributed by atoms with Crippen LogP contribution in [-0.4, -0.2) is 139 Å². The number of Topliss-reactive ketones (excluding diaryl/α,β-unsaturated/α-hetero) is 2. The number of halogens is 1. The molecule has 5 heterocycles. The molecule has 3 saturated heterocycles.